The van der Waals surface area contributed by atoms with Gasteiger partial charge in [-0.25, -0.2) is 4.98 Å². The molecule has 1 aromatic heterocycles. The van der Waals surface area contributed by atoms with Gasteiger partial charge in [0.15, 0.2) is 0 Å². The van der Waals surface area contributed by atoms with Gasteiger partial charge in [-0.05, 0) is 56.4 Å². The molecule has 1 unspecified atom stereocenters. The van der Waals surface area contributed by atoms with Crippen LogP contribution in [0.1, 0.15) is 34.6 Å². The molecule has 3 nitrogen and oxygen atoms in total. The van der Waals surface area contributed by atoms with Crippen LogP contribution in [0.5, 0.6) is 0 Å². The molecule has 0 saturated heterocycles. The van der Waals surface area contributed by atoms with Gasteiger partial charge in [-0.15, -0.1) is 11.8 Å². The van der Waals surface area contributed by atoms with Crippen molar-refractivity contribution in [3.8, 4) is 11.5 Å². The van der Waals surface area contributed by atoms with Gasteiger partial charge >= 0.3 is 0 Å². The summed E-state index contributed by atoms with van der Waals surface area (Å²) in [5, 5.41) is 0. The maximum atomic E-state index is 12.7. The van der Waals surface area contributed by atoms with Crippen LogP contribution < -0.4 is 0 Å². The number of rotatable bonds is 6. The first-order valence-corrected chi connectivity index (χ1v) is 11.0. The Hall–Kier alpha value is -2.33. The lowest BCUT2D eigenvalue weighted by Gasteiger charge is -2.23. The zero-order valence-electron chi connectivity index (χ0n) is 16.4. The highest BCUT2D eigenvalue weighted by Gasteiger charge is 2.24. The van der Waals surface area contributed by atoms with Crippen molar-refractivity contribution in [1.82, 2.24) is 4.98 Å². The molecule has 3 aromatic rings. The number of thioether (sulfide) groups is 1. The van der Waals surface area contributed by atoms with Crippen molar-refractivity contribution in [2.45, 2.75) is 38.9 Å². The molecular formula is C24H25NO2S. The lowest BCUT2D eigenvalue weighted by atomic mass is 9.82. The highest BCUT2D eigenvalue weighted by molar-refractivity contribution is 7.99. The predicted octanol–water partition coefficient (Wildman–Crippen LogP) is 5.57. The molecule has 4 heteroatoms. The Morgan fingerprint density at radius 1 is 1.11 bits per heavy atom. The SMILES string of the molecule is Cc1ccc(-c2nc(CSCC(=O)C3CCc4ccccc4C3)c(C)o2)cc1. The van der Waals surface area contributed by atoms with Crippen molar-refractivity contribution in [2.24, 2.45) is 5.92 Å². The van der Waals surface area contributed by atoms with Gasteiger partial charge in [0.05, 0.1) is 11.4 Å². The third-order valence-electron chi connectivity index (χ3n) is 5.48. The van der Waals surface area contributed by atoms with E-state index >= 15 is 0 Å². The Labute approximate surface area is 170 Å². The molecule has 144 valence electrons. The fraction of sp³-hybridized carbons (Fsp3) is 0.333. The van der Waals surface area contributed by atoms with Crippen molar-refractivity contribution >= 4 is 17.5 Å². The normalized spacial score (nSPS) is 16.0. The lowest BCUT2D eigenvalue weighted by Crippen LogP contribution is -2.24. The molecule has 28 heavy (non-hydrogen) atoms. The Morgan fingerprint density at radius 2 is 1.86 bits per heavy atom. The molecule has 0 amide bonds. The number of benzene rings is 2. The topological polar surface area (TPSA) is 43.1 Å². The molecule has 1 atom stereocenters. The summed E-state index contributed by atoms with van der Waals surface area (Å²) >= 11 is 1.64. The number of carbonyl (C=O) groups excluding carboxylic acids is 1. The minimum Gasteiger partial charge on any atom is -0.441 e. The standard InChI is InChI=1S/C24H25NO2S/c1-16-7-9-19(10-8-16)24-25-22(17(2)27-24)14-28-15-23(26)21-12-11-18-5-3-4-6-20(18)13-21/h3-10,21H,11-15H2,1-2H3. The third kappa shape index (κ3) is 4.22. The number of hydrogen-bond acceptors (Lipinski definition) is 4. The molecule has 1 heterocycles. The number of nitrogens with zero attached hydrogens (tertiary/aromatic N) is 1. The van der Waals surface area contributed by atoms with E-state index in [1.54, 1.807) is 11.8 Å². The zero-order valence-corrected chi connectivity index (χ0v) is 17.2. The van der Waals surface area contributed by atoms with E-state index in [4.69, 9.17) is 4.42 Å². The van der Waals surface area contributed by atoms with Crippen LogP contribution in [0.2, 0.25) is 0 Å². The number of ketones is 1. The van der Waals surface area contributed by atoms with Crippen LogP contribution in [0, 0.1) is 19.8 Å². The van der Waals surface area contributed by atoms with Gasteiger partial charge in [-0.3, -0.25) is 4.79 Å². The maximum absolute atomic E-state index is 12.7. The van der Waals surface area contributed by atoms with Gasteiger partial charge in [0.2, 0.25) is 5.89 Å². The number of carbonyl (C=O) groups is 1. The number of aryl methyl sites for hydroxylation is 3. The van der Waals surface area contributed by atoms with E-state index in [2.05, 4.69) is 48.3 Å². The van der Waals surface area contributed by atoms with E-state index in [-0.39, 0.29) is 5.92 Å². The van der Waals surface area contributed by atoms with E-state index < -0.39 is 0 Å². The zero-order chi connectivity index (χ0) is 19.5. The van der Waals surface area contributed by atoms with Crippen LogP contribution >= 0.6 is 11.8 Å². The molecule has 0 radical (unpaired) electrons. The number of oxazole rings is 1. The van der Waals surface area contributed by atoms with Crippen molar-refractivity contribution in [2.75, 3.05) is 5.75 Å². The molecule has 1 aliphatic rings. The maximum Gasteiger partial charge on any atom is 0.226 e. The Kier molecular flexibility index (Phi) is 5.67. The van der Waals surface area contributed by atoms with E-state index in [9.17, 15) is 4.79 Å². The minimum atomic E-state index is 0.156. The second-order valence-electron chi connectivity index (χ2n) is 7.56. The van der Waals surface area contributed by atoms with Crippen molar-refractivity contribution in [1.29, 1.82) is 0 Å². The summed E-state index contributed by atoms with van der Waals surface area (Å²) in [4.78, 5) is 17.3. The Bertz CT molecular complexity index is 975. The molecule has 0 spiro atoms. The summed E-state index contributed by atoms with van der Waals surface area (Å²) in [5.41, 5.74) is 5.88. The molecule has 0 fully saturated rings. The minimum absolute atomic E-state index is 0.156. The number of hydrogen-bond donors (Lipinski definition) is 0. The first kappa shape index (κ1) is 19.0. The summed E-state index contributed by atoms with van der Waals surface area (Å²) in [7, 11) is 0. The van der Waals surface area contributed by atoms with Gasteiger partial charge in [0.25, 0.3) is 0 Å². The van der Waals surface area contributed by atoms with Crippen LogP contribution in [0.15, 0.2) is 52.9 Å². The van der Waals surface area contributed by atoms with E-state index in [1.807, 2.05) is 19.1 Å². The average molecular weight is 392 g/mol. The third-order valence-corrected chi connectivity index (χ3v) is 6.44. The first-order valence-electron chi connectivity index (χ1n) is 9.81. The summed E-state index contributed by atoms with van der Waals surface area (Å²) in [6.45, 7) is 4.01. The molecule has 0 saturated carbocycles. The monoisotopic (exact) mass is 391 g/mol. The fourth-order valence-corrected chi connectivity index (χ4v) is 4.72. The Balaban J connectivity index is 1.33. The summed E-state index contributed by atoms with van der Waals surface area (Å²) < 4.78 is 5.84. The molecule has 2 aromatic carbocycles. The lowest BCUT2D eigenvalue weighted by molar-refractivity contribution is -0.120. The molecule has 0 aliphatic heterocycles. The summed E-state index contributed by atoms with van der Waals surface area (Å²) in [6, 6.07) is 16.7. The first-order chi connectivity index (χ1) is 13.6. The van der Waals surface area contributed by atoms with Gasteiger partial charge < -0.3 is 4.42 Å². The molecule has 0 N–H and O–H groups in total. The summed E-state index contributed by atoms with van der Waals surface area (Å²) in [6.07, 6.45) is 2.87. The van der Waals surface area contributed by atoms with Crippen molar-refractivity contribution in [3.63, 3.8) is 0 Å². The fourth-order valence-electron chi connectivity index (χ4n) is 3.72. The van der Waals surface area contributed by atoms with E-state index in [1.165, 1.54) is 16.7 Å². The average Bonchev–Trinajstić information content (AvgIpc) is 3.08. The molecular weight excluding hydrogens is 366 g/mol. The van der Waals surface area contributed by atoms with Gasteiger partial charge in [0, 0.05) is 17.2 Å². The molecule has 1 aliphatic carbocycles. The number of aromatic nitrogens is 1. The Morgan fingerprint density at radius 3 is 2.64 bits per heavy atom. The van der Waals surface area contributed by atoms with Crippen LogP contribution in [0.3, 0.4) is 0 Å². The highest BCUT2D eigenvalue weighted by Crippen LogP contribution is 2.28. The highest BCUT2D eigenvalue weighted by atomic mass is 32.2. The second kappa shape index (κ2) is 8.36. The smallest absolute Gasteiger partial charge is 0.226 e. The van der Waals surface area contributed by atoms with Crippen molar-refractivity contribution < 1.29 is 9.21 Å². The van der Waals surface area contributed by atoms with Crippen LogP contribution in [-0.2, 0) is 23.4 Å². The van der Waals surface area contributed by atoms with Gasteiger partial charge in [-0.1, -0.05) is 42.0 Å². The largest absolute Gasteiger partial charge is 0.441 e. The van der Waals surface area contributed by atoms with E-state index in [0.717, 1.165) is 36.3 Å². The summed E-state index contributed by atoms with van der Waals surface area (Å²) in [5.74, 6) is 3.25. The van der Waals surface area contributed by atoms with Crippen LogP contribution in [-0.4, -0.2) is 16.5 Å². The number of fused-ring (bicyclic) bond motifs is 1. The van der Waals surface area contributed by atoms with Crippen molar-refractivity contribution in [3.05, 3.63) is 76.7 Å². The quantitative estimate of drug-likeness (QED) is 0.551. The van der Waals surface area contributed by atoms with Crippen LogP contribution in [0.4, 0.5) is 0 Å². The predicted molar refractivity (Wildman–Crippen MR) is 115 cm³/mol. The molecule has 0 bridgehead atoms. The second-order valence-corrected chi connectivity index (χ2v) is 8.54. The number of Topliss-reactive ketones (excluding diaryl/α,β-unsaturated/α-hetero) is 1. The molecule has 4 rings (SSSR count). The van der Waals surface area contributed by atoms with Gasteiger partial charge in [0.1, 0.15) is 11.5 Å². The van der Waals surface area contributed by atoms with Crippen LogP contribution in [0.25, 0.3) is 11.5 Å². The van der Waals surface area contributed by atoms with Gasteiger partial charge in [-0.2, -0.15) is 0 Å². The van der Waals surface area contributed by atoms with E-state index in [0.29, 0.717) is 23.2 Å².